The highest BCUT2D eigenvalue weighted by molar-refractivity contribution is 8.17. The third-order valence-electron chi connectivity index (χ3n) is 3.50. The predicted molar refractivity (Wildman–Crippen MR) is 103 cm³/mol. The number of ether oxygens (including phenoxy) is 2. The average Bonchev–Trinajstić information content (AvgIpc) is 2.95. The molecule has 7 heteroatoms. The van der Waals surface area contributed by atoms with Crippen molar-refractivity contribution in [2.24, 2.45) is 10.5 Å². The number of carbonyl (C=O) groups is 1. The maximum absolute atomic E-state index is 12.8. The molecular formula is C18H23ClN2O3S. The Labute approximate surface area is 158 Å². The first-order valence-electron chi connectivity index (χ1n) is 7.89. The number of thioether (sulfide) groups is 1. The molecule has 0 unspecified atom stereocenters. The lowest BCUT2D eigenvalue weighted by atomic mass is 9.99. The summed E-state index contributed by atoms with van der Waals surface area (Å²) in [6.07, 6.45) is 1.58. The number of nitrogens with zero attached hydrogens (tertiary/aromatic N) is 2. The minimum Gasteiger partial charge on any atom is -0.496 e. The summed E-state index contributed by atoms with van der Waals surface area (Å²) in [4.78, 5) is 12.8. The Balaban J connectivity index is 2.32. The molecule has 1 heterocycles. The van der Waals surface area contributed by atoms with E-state index in [-0.39, 0.29) is 11.2 Å². The smallest absolute Gasteiger partial charge is 0.192 e. The highest BCUT2D eigenvalue weighted by Gasteiger charge is 2.30. The zero-order valence-electron chi connectivity index (χ0n) is 15.1. The number of carbonyl (C=O) groups excluding carboxylic acids is 1. The minimum absolute atomic E-state index is 0.0949. The second-order valence-corrected chi connectivity index (χ2v) is 8.01. The van der Waals surface area contributed by atoms with Gasteiger partial charge in [0, 0.05) is 23.6 Å². The van der Waals surface area contributed by atoms with Crippen LogP contribution in [0.3, 0.4) is 0 Å². The lowest BCUT2D eigenvalue weighted by molar-refractivity contribution is 0.104. The number of methoxy groups -OCH3 is 2. The number of hydrogen-bond acceptors (Lipinski definition) is 6. The first-order chi connectivity index (χ1) is 11.8. The summed E-state index contributed by atoms with van der Waals surface area (Å²) in [7, 11) is 3.17. The van der Waals surface area contributed by atoms with Gasteiger partial charge in [0.1, 0.15) is 15.8 Å². The van der Waals surface area contributed by atoms with Crippen LogP contribution in [0.2, 0.25) is 5.02 Å². The monoisotopic (exact) mass is 382 g/mol. The van der Waals surface area contributed by atoms with Crippen molar-refractivity contribution in [3.05, 3.63) is 39.9 Å². The van der Waals surface area contributed by atoms with Gasteiger partial charge in [0.05, 0.1) is 25.8 Å². The Morgan fingerprint density at radius 2 is 2.08 bits per heavy atom. The van der Waals surface area contributed by atoms with Crippen LogP contribution >= 0.6 is 23.4 Å². The van der Waals surface area contributed by atoms with E-state index in [9.17, 15) is 4.79 Å². The number of allylic oxidation sites excluding steroid dienone is 1. The Kier molecular flexibility index (Phi) is 6.54. The third kappa shape index (κ3) is 5.00. The van der Waals surface area contributed by atoms with Crippen LogP contribution in [0.4, 0.5) is 0 Å². The van der Waals surface area contributed by atoms with E-state index in [1.165, 1.54) is 18.9 Å². The number of rotatable bonds is 6. The molecule has 5 nitrogen and oxygen atoms in total. The molecule has 0 amide bonds. The van der Waals surface area contributed by atoms with E-state index in [4.69, 9.17) is 21.1 Å². The van der Waals surface area contributed by atoms with Gasteiger partial charge >= 0.3 is 0 Å². The van der Waals surface area contributed by atoms with Crippen molar-refractivity contribution >= 4 is 34.2 Å². The molecule has 0 saturated heterocycles. The zero-order valence-corrected chi connectivity index (χ0v) is 16.7. The fraction of sp³-hybridized carbons (Fsp3) is 0.444. The van der Waals surface area contributed by atoms with Crippen LogP contribution in [-0.4, -0.2) is 43.2 Å². The summed E-state index contributed by atoms with van der Waals surface area (Å²) in [5.41, 5.74) is 0.335. The summed E-state index contributed by atoms with van der Waals surface area (Å²) >= 11 is 7.54. The molecule has 1 aliphatic heterocycles. The van der Waals surface area contributed by atoms with Gasteiger partial charge in [-0.3, -0.25) is 9.80 Å². The number of halogens is 1. The Morgan fingerprint density at radius 3 is 2.68 bits per heavy atom. The second kappa shape index (κ2) is 8.25. The number of hydrazone groups is 1. The number of hydrogen-bond donors (Lipinski definition) is 0. The quantitative estimate of drug-likeness (QED) is 0.538. The molecule has 0 atom stereocenters. The topological polar surface area (TPSA) is 51.1 Å². The van der Waals surface area contributed by atoms with Crippen molar-refractivity contribution in [1.82, 2.24) is 5.01 Å². The van der Waals surface area contributed by atoms with Crippen LogP contribution in [-0.2, 0) is 4.74 Å². The van der Waals surface area contributed by atoms with Crippen molar-refractivity contribution in [3.63, 3.8) is 0 Å². The van der Waals surface area contributed by atoms with Crippen molar-refractivity contribution in [3.8, 4) is 5.75 Å². The van der Waals surface area contributed by atoms with Gasteiger partial charge < -0.3 is 9.47 Å². The van der Waals surface area contributed by atoms with Crippen LogP contribution in [0, 0.1) is 5.41 Å². The van der Waals surface area contributed by atoms with E-state index in [1.807, 2.05) is 5.01 Å². The highest BCUT2D eigenvalue weighted by Crippen LogP contribution is 2.38. The summed E-state index contributed by atoms with van der Waals surface area (Å²) in [5, 5.41) is 8.67. The molecule has 0 aliphatic carbocycles. The zero-order chi connectivity index (χ0) is 18.6. The summed E-state index contributed by atoms with van der Waals surface area (Å²) in [6.45, 7) is 7.39. The summed E-state index contributed by atoms with van der Waals surface area (Å²) in [5.74, 6) is 0.323. The molecule has 0 N–H and O–H groups in total. The van der Waals surface area contributed by atoms with Crippen molar-refractivity contribution in [1.29, 1.82) is 0 Å². The number of benzene rings is 1. The molecule has 25 heavy (non-hydrogen) atoms. The number of ketones is 1. The minimum atomic E-state index is -0.172. The van der Waals surface area contributed by atoms with Gasteiger partial charge in [0.2, 0.25) is 0 Å². The molecule has 0 bridgehead atoms. The molecular weight excluding hydrogens is 360 g/mol. The Bertz CT molecular complexity index is 711. The van der Waals surface area contributed by atoms with E-state index in [0.717, 1.165) is 10.1 Å². The molecule has 0 aromatic heterocycles. The lowest BCUT2D eigenvalue weighted by Crippen LogP contribution is -2.19. The van der Waals surface area contributed by atoms with E-state index in [1.54, 1.807) is 31.4 Å². The standard InChI is InChI=1S/C18H23ClN2O3S/c1-18(2,3)17-20-21(8-9-23-4)16(25-17)11-14(22)13-10-12(19)6-7-15(13)24-5/h6-7,10-11H,8-9H2,1-5H3. The normalized spacial score (nSPS) is 16.3. The maximum atomic E-state index is 12.8. The Hall–Kier alpha value is -1.50. The van der Waals surface area contributed by atoms with E-state index in [0.29, 0.717) is 29.5 Å². The Morgan fingerprint density at radius 1 is 1.36 bits per heavy atom. The van der Waals surface area contributed by atoms with Gasteiger partial charge in [-0.25, -0.2) is 0 Å². The van der Waals surface area contributed by atoms with Crippen LogP contribution in [0.25, 0.3) is 0 Å². The SMILES string of the molecule is COCCN1N=C(C(C)(C)C)SC1=CC(=O)c1cc(Cl)ccc1OC. The van der Waals surface area contributed by atoms with Crippen LogP contribution in [0.5, 0.6) is 5.75 Å². The fourth-order valence-electron chi connectivity index (χ4n) is 2.14. The molecule has 0 fully saturated rings. The molecule has 0 saturated carbocycles. The molecule has 0 spiro atoms. The van der Waals surface area contributed by atoms with Crippen molar-refractivity contribution < 1.29 is 14.3 Å². The molecule has 136 valence electrons. The molecule has 1 aromatic carbocycles. The molecule has 2 rings (SSSR count). The van der Waals surface area contributed by atoms with Gasteiger partial charge in [0.15, 0.2) is 5.78 Å². The van der Waals surface area contributed by atoms with Crippen molar-refractivity contribution in [2.75, 3.05) is 27.4 Å². The molecule has 0 radical (unpaired) electrons. The molecule has 1 aromatic rings. The molecule has 1 aliphatic rings. The van der Waals surface area contributed by atoms with Crippen LogP contribution < -0.4 is 4.74 Å². The average molecular weight is 383 g/mol. The predicted octanol–water partition coefficient (Wildman–Crippen LogP) is 4.43. The second-order valence-electron chi connectivity index (χ2n) is 6.56. The fourth-order valence-corrected chi connectivity index (χ4v) is 3.36. The summed E-state index contributed by atoms with van der Waals surface area (Å²) in [6, 6.07) is 5.00. The third-order valence-corrected chi connectivity index (χ3v) is 5.16. The van der Waals surface area contributed by atoms with Gasteiger partial charge in [-0.2, -0.15) is 5.10 Å². The van der Waals surface area contributed by atoms with Gasteiger partial charge in [-0.05, 0) is 18.2 Å². The largest absolute Gasteiger partial charge is 0.496 e. The van der Waals surface area contributed by atoms with Gasteiger partial charge in [-0.15, -0.1) is 0 Å². The lowest BCUT2D eigenvalue weighted by Gasteiger charge is -2.15. The van der Waals surface area contributed by atoms with Crippen LogP contribution in [0.15, 0.2) is 34.4 Å². The maximum Gasteiger partial charge on any atom is 0.192 e. The van der Waals surface area contributed by atoms with E-state index in [2.05, 4.69) is 25.9 Å². The van der Waals surface area contributed by atoms with E-state index < -0.39 is 0 Å². The van der Waals surface area contributed by atoms with E-state index >= 15 is 0 Å². The van der Waals surface area contributed by atoms with Crippen molar-refractivity contribution in [2.45, 2.75) is 20.8 Å². The van der Waals surface area contributed by atoms with Crippen LogP contribution in [0.1, 0.15) is 31.1 Å². The van der Waals surface area contributed by atoms with Gasteiger partial charge in [-0.1, -0.05) is 44.1 Å². The first-order valence-corrected chi connectivity index (χ1v) is 9.08. The van der Waals surface area contributed by atoms with Gasteiger partial charge in [0.25, 0.3) is 0 Å². The summed E-state index contributed by atoms with van der Waals surface area (Å²) < 4.78 is 10.4. The first kappa shape index (κ1) is 19.8. The highest BCUT2D eigenvalue weighted by atomic mass is 35.5.